The van der Waals surface area contributed by atoms with E-state index in [0.29, 0.717) is 6.42 Å². The summed E-state index contributed by atoms with van der Waals surface area (Å²) in [5, 5.41) is 28.6. The van der Waals surface area contributed by atoms with Crippen molar-refractivity contribution in [2.24, 2.45) is 0 Å². The van der Waals surface area contributed by atoms with Crippen molar-refractivity contribution >= 4 is 17.6 Å². The van der Waals surface area contributed by atoms with Crippen molar-refractivity contribution in [3.63, 3.8) is 0 Å². The molecule has 0 radical (unpaired) electrons. The van der Waals surface area contributed by atoms with Gasteiger partial charge < -0.3 is 15.3 Å². The molecule has 0 aromatic carbocycles. The molecule has 3 atom stereocenters. The smallest absolute Gasteiger partial charge is 0.111 e. The van der Waals surface area contributed by atoms with Crippen LogP contribution >= 0.6 is 12.2 Å². The number of hydrogen-bond acceptors (Lipinski definition) is 4. The highest BCUT2D eigenvalue weighted by Gasteiger charge is 2.21. The molecule has 0 saturated heterocycles. The van der Waals surface area contributed by atoms with Crippen molar-refractivity contribution in [1.29, 1.82) is 0 Å². The molecule has 0 rings (SSSR count). The Morgan fingerprint density at radius 2 is 1.92 bits per heavy atom. The van der Waals surface area contributed by atoms with Gasteiger partial charge in [0.2, 0.25) is 0 Å². The van der Waals surface area contributed by atoms with Gasteiger partial charge in [0.15, 0.2) is 0 Å². The summed E-state index contributed by atoms with van der Waals surface area (Å²) in [5.74, 6) is 0. The Morgan fingerprint density at radius 1 is 1.33 bits per heavy atom. The van der Waals surface area contributed by atoms with Crippen molar-refractivity contribution in [2.45, 2.75) is 44.5 Å². The summed E-state index contributed by atoms with van der Waals surface area (Å²) in [5.41, 5.74) is 0. The number of hydrogen-bond donors (Lipinski definition) is 3. The molecule has 3 N–H and O–H groups in total. The van der Waals surface area contributed by atoms with Crippen LogP contribution in [0.15, 0.2) is 0 Å². The Kier molecular flexibility index (Phi) is 6.47. The third kappa shape index (κ3) is 4.11. The zero-order chi connectivity index (χ0) is 9.56. The van der Waals surface area contributed by atoms with Gasteiger partial charge in [0, 0.05) is 5.37 Å². The lowest BCUT2D eigenvalue weighted by Crippen LogP contribution is -2.37. The molecule has 72 valence electrons. The molecule has 0 fully saturated rings. The molecule has 0 aliphatic carbocycles. The highest BCUT2D eigenvalue weighted by molar-refractivity contribution is 7.79. The van der Waals surface area contributed by atoms with Crippen LogP contribution in [0.25, 0.3) is 0 Å². The Labute approximate surface area is 78.0 Å². The molecule has 0 bridgehead atoms. The maximum Gasteiger partial charge on any atom is 0.111 e. The van der Waals surface area contributed by atoms with Crippen molar-refractivity contribution in [2.75, 3.05) is 0 Å². The lowest BCUT2D eigenvalue weighted by Gasteiger charge is -2.19. The summed E-state index contributed by atoms with van der Waals surface area (Å²) in [6, 6.07) is 0. The standard InChI is InChI=1S/C8H16O3S/c1-2-3-4-6(9)8(11)7(10)5-12/h5-11H,2-4H2,1H3/t6-,7+,8-/m1/s1. The van der Waals surface area contributed by atoms with Gasteiger partial charge in [0.25, 0.3) is 0 Å². The van der Waals surface area contributed by atoms with E-state index in [2.05, 4.69) is 12.2 Å². The zero-order valence-electron chi connectivity index (χ0n) is 7.18. The van der Waals surface area contributed by atoms with Gasteiger partial charge in [-0.3, -0.25) is 0 Å². The van der Waals surface area contributed by atoms with Gasteiger partial charge >= 0.3 is 0 Å². The molecule has 3 nitrogen and oxygen atoms in total. The summed E-state index contributed by atoms with van der Waals surface area (Å²) in [4.78, 5) is 0. The van der Waals surface area contributed by atoms with Crippen molar-refractivity contribution in [1.82, 2.24) is 0 Å². The van der Waals surface area contributed by atoms with Gasteiger partial charge in [0.05, 0.1) is 6.10 Å². The van der Waals surface area contributed by atoms with Gasteiger partial charge in [-0.25, -0.2) is 0 Å². The largest absolute Gasteiger partial charge is 0.390 e. The fourth-order valence-corrected chi connectivity index (χ4v) is 1.05. The highest BCUT2D eigenvalue weighted by atomic mass is 32.1. The van der Waals surface area contributed by atoms with E-state index in [4.69, 9.17) is 5.11 Å². The lowest BCUT2D eigenvalue weighted by atomic mass is 10.0. The number of rotatable bonds is 6. The number of aliphatic hydroxyl groups is 3. The van der Waals surface area contributed by atoms with Gasteiger partial charge in [-0.1, -0.05) is 32.0 Å². The average Bonchev–Trinajstić information content (AvgIpc) is 2.11. The van der Waals surface area contributed by atoms with Crippen LogP contribution in [0.1, 0.15) is 26.2 Å². The second kappa shape index (κ2) is 6.48. The molecule has 0 aromatic rings. The fraction of sp³-hybridized carbons (Fsp3) is 0.875. The van der Waals surface area contributed by atoms with Crippen LogP contribution in [-0.2, 0) is 0 Å². The topological polar surface area (TPSA) is 60.7 Å². The SMILES string of the molecule is CCCC[C@@H](O)[C@@H](O)[C@@H](O)C=S. The van der Waals surface area contributed by atoms with Gasteiger partial charge in [0.1, 0.15) is 12.2 Å². The van der Waals surface area contributed by atoms with Gasteiger partial charge in [-0.05, 0) is 6.42 Å². The highest BCUT2D eigenvalue weighted by Crippen LogP contribution is 2.07. The molecule has 0 saturated carbocycles. The summed E-state index contributed by atoms with van der Waals surface area (Å²) in [6.07, 6.45) is -0.836. The second-order valence-corrected chi connectivity index (χ2v) is 3.10. The fourth-order valence-electron chi connectivity index (χ4n) is 0.892. The van der Waals surface area contributed by atoms with E-state index in [0.717, 1.165) is 18.2 Å². The molecule has 0 unspecified atom stereocenters. The molecule has 0 amide bonds. The predicted octanol–water partition coefficient (Wildman–Crippen LogP) is 0.259. The van der Waals surface area contributed by atoms with Crippen LogP contribution in [0.3, 0.4) is 0 Å². The molecule has 0 aliphatic rings. The normalized spacial score (nSPS) is 18.3. The number of aliphatic hydroxyl groups excluding tert-OH is 3. The zero-order valence-corrected chi connectivity index (χ0v) is 8.00. The minimum absolute atomic E-state index is 0.498. The molecule has 0 spiro atoms. The summed E-state index contributed by atoms with van der Waals surface area (Å²) < 4.78 is 0. The van der Waals surface area contributed by atoms with E-state index in [1.807, 2.05) is 6.92 Å². The van der Waals surface area contributed by atoms with E-state index in [1.54, 1.807) is 0 Å². The Morgan fingerprint density at radius 3 is 2.33 bits per heavy atom. The summed E-state index contributed by atoms with van der Waals surface area (Å²) >= 11 is 4.44. The van der Waals surface area contributed by atoms with Gasteiger partial charge in [-0.2, -0.15) is 0 Å². The molecular weight excluding hydrogens is 176 g/mol. The van der Waals surface area contributed by atoms with Crippen molar-refractivity contribution in [3.05, 3.63) is 0 Å². The van der Waals surface area contributed by atoms with Crippen LogP contribution in [0.5, 0.6) is 0 Å². The predicted molar refractivity (Wildman–Crippen MR) is 51.2 cm³/mol. The average molecular weight is 192 g/mol. The molecule has 0 aromatic heterocycles. The molecular formula is C8H16O3S. The Balaban J connectivity index is 3.74. The van der Waals surface area contributed by atoms with Gasteiger partial charge in [-0.15, -0.1) is 0 Å². The first kappa shape index (κ1) is 12.0. The first-order valence-electron chi connectivity index (χ1n) is 4.13. The van der Waals surface area contributed by atoms with Crippen LogP contribution in [-0.4, -0.2) is 39.0 Å². The first-order chi connectivity index (χ1) is 5.63. The monoisotopic (exact) mass is 192 g/mol. The molecule has 0 heterocycles. The summed E-state index contributed by atoms with van der Waals surface area (Å²) in [6.45, 7) is 1.99. The van der Waals surface area contributed by atoms with E-state index in [-0.39, 0.29) is 0 Å². The van der Waals surface area contributed by atoms with Crippen LogP contribution < -0.4 is 0 Å². The lowest BCUT2D eigenvalue weighted by molar-refractivity contribution is -0.0358. The van der Waals surface area contributed by atoms with Crippen LogP contribution in [0.4, 0.5) is 0 Å². The molecule has 12 heavy (non-hydrogen) atoms. The second-order valence-electron chi connectivity index (χ2n) is 2.83. The van der Waals surface area contributed by atoms with E-state index < -0.39 is 18.3 Å². The van der Waals surface area contributed by atoms with Crippen LogP contribution in [0, 0.1) is 0 Å². The maximum atomic E-state index is 9.27. The minimum atomic E-state index is -1.14. The minimum Gasteiger partial charge on any atom is -0.390 e. The first-order valence-corrected chi connectivity index (χ1v) is 4.60. The van der Waals surface area contributed by atoms with Crippen molar-refractivity contribution in [3.8, 4) is 0 Å². The van der Waals surface area contributed by atoms with E-state index >= 15 is 0 Å². The van der Waals surface area contributed by atoms with Crippen molar-refractivity contribution < 1.29 is 15.3 Å². The van der Waals surface area contributed by atoms with E-state index in [9.17, 15) is 10.2 Å². The number of thiocarbonyl (C=S) groups is 1. The Hall–Kier alpha value is -0.0300. The third-order valence-corrected chi connectivity index (χ3v) is 2.02. The Bertz CT molecular complexity index is 129. The van der Waals surface area contributed by atoms with E-state index in [1.165, 1.54) is 0 Å². The molecule has 4 heteroatoms. The summed E-state index contributed by atoms with van der Waals surface area (Å²) in [7, 11) is 0. The van der Waals surface area contributed by atoms with Crippen LogP contribution in [0.2, 0.25) is 0 Å². The quantitative estimate of drug-likeness (QED) is 0.528. The third-order valence-electron chi connectivity index (χ3n) is 1.74. The number of unbranched alkanes of at least 4 members (excludes halogenated alkanes) is 1. The molecule has 0 aliphatic heterocycles. The maximum absolute atomic E-state index is 9.27.